The van der Waals surface area contributed by atoms with Crippen LogP contribution in [0.4, 0.5) is 0 Å². The highest BCUT2D eigenvalue weighted by atomic mass is 32.2. The molecular weight excluding hydrogens is 342 g/mol. The average molecular weight is 359 g/mol. The maximum absolute atomic E-state index is 12.3. The van der Waals surface area contributed by atoms with Gasteiger partial charge in [-0.1, -0.05) is 30.3 Å². The highest BCUT2D eigenvalue weighted by Crippen LogP contribution is 2.18. The number of carbonyl (C=O) groups excluding carboxylic acids is 2. The third kappa shape index (κ3) is 4.77. The Morgan fingerprint density at radius 2 is 1.80 bits per heavy atom. The van der Waals surface area contributed by atoms with Crippen molar-refractivity contribution in [3.8, 4) is 5.75 Å². The number of rotatable bonds is 6. The zero-order chi connectivity index (χ0) is 18.4. The number of methoxy groups -OCH3 is 1. The SMILES string of the molecule is COc1ccccc1/C=C/C(=O)NS(=O)(=O)c1cccc(C(C)=O)c1. The van der Waals surface area contributed by atoms with Crippen LogP contribution in [0.15, 0.2) is 59.5 Å². The molecule has 2 aromatic carbocycles. The van der Waals surface area contributed by atoms with Crippen molar-refractivity contribution in [3.05, 3.63) is 65.7 Å². The lowest BCUT2D eigenvalue weighted by Gasteiger charge is -2.06. The molecule has 0 bridgehead atoms. The van der Waals surface area contributed by atoms with Crippen molar-refractivity contribution in [1.29, 1.82) is 0 Å². The molecule has 0 saturated heterocycles. The van der Waals surface area contributed by atoms with Gasteiger partial charge in [0.1, 0.15) is 5.75 Å². The second kappa shape index (κ2) is 7.76. The highest BCUT2D eigenvalue weighted by Gasteiger charge is 2.17. The van der Waals surface area contributed by atoms with E-state index >= 15 is 0 Å². The molecule has 0 aromatic heterocycles. The Morgan fingerprint density at radius 3 is 2.48 bits per heavy atom. The topological polar surface area (TPSA) is 89.5 Å². The fraction of sp³-hybridized carbons (Fsp3) is 0.111. The Balaban J connectivity index is 2.17. The van der Waals surface area contributed by atoms with Gasteiger partial charge in [0.15, 0.2) is 5.78 Å². The van der Waals surface area contributed by atoms with Gasteiger partial charge >= 0.3 is 0 Å². The quantitative estimate of drug-likeness (QED) is 0.632. The van der Waals surface area contributed by atoms with Gasteiger partial charge in [0, 0.05) is 17.2 Å². The minimum absolute atomic E-state index is 0.153. The summed E-state index contributed by atoms with van der Waals surface area (Å²) in [6.07, 6.45) is 2.56. The summed E-state index contributed by atoms with van der Waals surface area (Å²) >= 11 is 0. The Kier molecular flexibility index (Phi) is 5.71. The molecular formula is C18H17NO5S. The number of ether oxygens (including phenoxy) is 1. The summed E-state index contributed by atoms with van der Waals surface area (Å²) in [5, 5.41) is 0. The lowest BCUT2D eigenvalue weighted by molar-refractivity contribution is -0.114. The van der Waals surface area contributed by atoms with Crippen molar-refractivity contribution in [2.45, 2.75) is 11.8 Å². The van der Waals surface area contributed by atoms with Gasteiger partial charge in [-0.15, -0.1) is 0 Å². The summed E-state index contributed by atoms with van der Waals surface area (Å²) in [4.78, 5) is 23.1. The van der Waals surface area contributed by atoms with Crippen LogP contribution in [-0.2, 0) is 14.8 Å². The third-order valence-corrected chi connectivity index (χ3v) is 4.68. The fourth-order valence-corrected chi connectivity index (χ4v) is 3.07. The van der Waals surface area contributed by atoms with E-state index in [0.717, 1.165) is 6.08 Å². The van der Waals surface area contributed by atoms with E-state index in [1.54, 1.807) is 24.3 Å². The Morgan fingerprint density at radius 1 is 1.08 bits per heavy atom. The van der Waals surface area contributed by atoms with E-state index in [-0.39, 0.29) is 16.2 Å². The molecule has 7 heteroatoms. The van der Waals surface area contributed by atoms with Gasteiger partial charge < -0.3 is 4.74 Å². The van der Waals surface area contributed by atoms with E-state index in [1.165, 1.54) is 44.4 Å². The van der Waals surface area contributed by atoms with E-state index in [4.69, 9.17) is 4.74 Å². The Hall–Kier alpha value is -2.93. The van der Waals surface area contributed by atoms with Crippen LogP contribution in [0.1, 0.15) is 22.8 Å². The largest absolute Gasteiger partial charge is 0.496 e. The monoisotopic (exact) mass is 359 g/mol. The molecule has 2 rings (SSSR count). The van der Waals surface area contributed by atoms with Crippen LogP contribution >= 0.6 is 0 Å². The summed E-state index contributed by atoms with van der Waals surface area (Å²) < 4.78 is 31.6. The second-order valence-corrected chi connectivity index (χ2v) is 6.81. The first-order chi connectivity index (χ1) is 11.8. The van der Waals surface area contributed by atoms with Gasteiger partial charge in [0.25, 0.3) is 15.9 Å². The third-order valence-electron chi connectivity index (χ3n) is 3.34. The molecule has 0 unspecified atom stereocenters. The fourth-order valence-electron chi connectivity index (χ4n) is 2.08. The molecule has 0 radical (unpaired) electrons. The number of para-hydroxylation sites is 1. The van der Waals surface area contributed by atoms with Gasteiger partial charge in [-0.3, -0.25) is 9.59 Å². The molecule has 1 amide bonds. The van der Waals surface area contributed by atoms with Crippen molar-refractivity contribution in [3.63, 3.8) is 0 Å². The van der Waals surface area contributed by atoms with Gasteiger partial charge in [0.05, 0.1) is 12.0 Å². The van der Waals surface area contributed by atoms with Gasteiger partial charge in [-0.2, -0.15) is 0 Å². The lowest BCUT2D eigenvalue weighted by atomic mass is 10.2. The first kappa shape index (κ1) is 18.4. The minimum Gasteiger partial charge on any atom is -0.496 e. The molecule has 0 aliphatic rings. The number of hydrogen-bond acceptors (Lipinski definition) is 5. The number of ketones is 1. The van der Waals surface area contributed by atoms with Gasteiger partial charge in [-0.25, -0.2) is 13.1 Å². The van der Waals surface area contributed by atoms with Crippen molar-refractivity contribution in [1.82, 2.24) is 4.72 Å². The van der Waals surface area contributed by atoms with E-state index in [2.05, 4.69) is 0 Å². The number of benzene rings is 2. The number of amides is 1. The molecule has 0 aliphatic heterocycles. The van der Waals surface area contributed by atoms with Crippen molar-refractivity contribution < 1.29 is 22.7 Å². The lowest BCUT2D eigenvalue weighted by Crippen LogP contribution is -2.29. The molecule has 1 N–H and O–H groups in total. The van der Waals surface area contributed by atoms with Crippen LogP contribution in [0.3, 0.4) is 0 Å². The van der Waals surface area contributed by atoms with Gasteiger partial charge in [0.2, 0.25) is 0 Å². The second-order valence-electron chi connectivity index (χ2n) is 5.13. The molecule has 0 fully saturated rings. The van der Waals surface area contributed by atoms with Crippen molar-refractivity contribution in [2.75, 3.05) is 7.11 Å². The Labute approximate surface area is 146 Å². The van der Waals surface area contributed by atoms with Crippen LogP contribution in [0, 0.1) is 0 Å². The summed E-state index contributed by atoms with van der Waals surface area (Å²) in [7, 11) is -2.57. The van der Waals surface area contributed by atoms with E-state index in [1.807, 2.05) is 4.72 Å². The van der Waals surface area contributed by atoms with Crippen LogP contribution in [0.2, 0.25) is 0 Å². The first-order valence-electron chi connectivity index (χ1n) is 7.32. The molecule has 2 aromatic rings. The summed E-state index contributed by atoms with van der Waals surface area (Å²) in [6, 6.07) is 12.5. The molecule has 6 nitrogen and oxygen atoms in total. The van der Waals surface area contributed by atoms with E-state index in [0.29, 0.717) is 11.3 Å². The smallest absolute Gasteiger partial charge is 0.264 e. The first-order valence-corrected chi connectivity index (χ1v) is 8.80. The van der Waals surface area contributed by atoms with Gasteiger partial charge in [-0.05, 0) is 31.2 Å². The molecule has 0 spiro atoms. The van der Waals surface area contributed by atoms with Crippen LogP contribution < -0.4 is 9.46 Å². The number of nitrogens with one attached hydrogen (secondary N) is 1. The maximum Gasteiger partial charge on any atom is 0.264 e. The summed E-state index contributed by atoms with van der Waals surface area (Å²) in [5.41, 5.74) is 0.885. The van der Waals surface area contributed by atoms with Crippen LogP contribution in [-0.4, -0.2) is 27.2 Å². The number of sulfonamides is 1. The Bertz CT molecular complexity index is 932. The van der Waals surface area contributed by atoms with Crippen LogP contribution in [0.25, 0.3) is 6.08 Å². The summed E-state index contributed by atoms with van der Waals surface area (Å²) in [6.45, 7) is 1.33. The zero-order valence-corrected chi connectivity index (χ0v) is 14.5. The van der Waals surface area contributed by atoms with Crippen molar-refractivity contribution in [2.24, 2.45) is 0 Å². The molecule has 0 atom stereocenters. The van der Waals surface area contributed by atoms with Crippen molar-refractivity contribution >= 4 is 27.8 Å². The molecule has 0 aliphatic carbocycles. The number of carbonyl (C=O) groups is 2. The van der Waals surface area contributed by atoms with Crippen LogP contribution in [0.5, 0.6) is 5.75 Å². The maximum atomic E-state index is 12.3. The summed E-state index contributed by atoms with van der Waals surface area (Å²) in [5.74, 6) is -0.512. The number of hydrogen-bond donors (Lipinski definition) is 1. The zero-order valence-electron chi connectivity index (χ0n) is 13.7. The average Bonchev–Trinajstić information content (AvgIpc) is 2.60. The number of Topliss-reactive ketones (excluding diaryl/α,β-unsaturated/α-hetero) is 1. The molecule has 0 saturated carbocycles. The normalized spacial score (nSPS) is 11.3. The van der Waals surface area contributed by atoms with E-state index < -0.39 is 15.9 Å². The minimum atomic E-state index is -4.07. The standard InChI is InChI=1S/C18H17NO5S/c1-13(20)15-7-5-8-16(12-15)25(22,23)19-18(21)11-10-14-6-3-4-9-17(14)24-2/h3-12H,1-2H3,(H,19,21)/b11-10+. The molecule has 0 heterocycles. The molecule has 25 heavy (non-hydrogen) atoms. The predicted molar refractivity (Wildman–Crippen MR) is 93.8 cm³/mol. The molecule has 130 valence electrons. The highest BCUT2D eigenvalue weighted by molar-refractivity contribution is 7.90. The van der Waals surface area contributed by atoms with E-state index in [9.17, 15) is 18.0 Å². The predicted octanol–water partition coefficient (Wildman–Crippen LogP) is 2.42.